The van der Waals surface area contributed by atoms with Crippen LogP contribution in [0.2, 0.25) is 0 Å². The number of nitrogens with zero attached hydrogens (tertiary/aromatic N) is 1. The molecule has 0 unspecified atom stereocenters. The van der Waals surface area contributed by atoms with Crippen LogP contribution in [-0.2, 0) is 6.54 Å². The Balaban J connectivity index is 1.68. The van der Waals surface area contributed by atoms with Crippen molar-refractivity contribution in [3.63, 3.8) is 0 Å². The van der Waals surface area contributed by atoms with Crippen molar-refractivity contribution in [2.24, 2.45) is 0 Å². The van der Waals surface area contributed by atoms with E-state index in [9.17, 15) is 0 Å². The summed E-state index contributed by atoms with van der Waals surface area (Å²) in [6.07, 6.45) is 1.77. The number of pyridine rings is 1. The van der Waals surface area contributed by atoms with E-state index in [1.165, 1.54) is 0 Å². The van der Waals surface area contributed by atoms with Gasteiger partial charge in [0.05, 0.1) is 0 Å². The van der Waals surface area contributed by atoms with E-state index in [2.05, 4.69) is 15.6 Å². The van der Waals surface area contributed by atoms with Crippen LogP contribution in [0.5, 0.6) is 11.5 Å². The number of aromatic nitrogens is 1. The number of rotatable bonds is 4. The first kappa shape index (κ1) is 11.6. The van der Waals surface area contributed by atoms with Crippen LogP contribution in [-0.4, -0.2) is 18.8 Å². The number of benzene rings is 1. The zero-order valence-electron chi connectivity index (χ0n) is 10.6. The standard InChI is InChI=1S/C14H15N3O2/c1-15-14-7-11(4-5-16-14)17-8-10-2-3-12-13(6-10)19-9-18-12/h2-7H,8-9H2,1H3,(H2,15,16,17). The van der Waals surface area contributed by atoms with Crippen molar-refractivity contribution in [3.05, 3.63) is 42.1 Å². The van der Waals surface area contributed by atoms with Crippen molar-refractivity contribution in [2.45, 2.75) is 6.54 Å². The summed E-state index contributed by atoms with van der Waals surface area (Å²) in [5, 5.41) is 6.36. The Bertz CT molecular complexity index is 587. The SMILES string of the molecule is CNc1cc(NCc2ccc3c(c2)OCO3)ccn1. The lowest BCUT2D eigenvalue weighted by atomic mass is 10.2. The average Bonchev–Trinajstić information content (AvgIpc) is 2.93. The Labute approximate surface area is 111 Å². The number of hydrogen-bond donors (Lipinski definition) is 2. The van der Waals surface area contributed by atoms with E-state index >= 15 is 0 Å². The molecule has 1 aliphatic heterocycles. The zero-order valence-corrected chi connectivity index (χ0v) is 10.6. The molecule has 19 heavy (non-hydrogen) atoms. The molecule has 0 spiro atoms. The van der Waals surface area contributed by atoms with Gasteiger partial charge in [-0.2, -0.15) is 0 Å². The molecule has 5 heteroatoms. The molecule has 3 rings (SSSR count). The summed E-state index contributed by atoms with van der Waals surface area (Å²) in [6.45, 7) is 1.03. The van der Waals surface area contributed by atoms with Crippen molar-refractivity contribution in [2.75, 3.05) is 24.5 Å². The molecule has 0 amide bonds. The van der Waals surface area contributed by atoms with Gasteiger partial charge in [-0.15, -0.1) is 0 Å². The fraction of sp³-hybridized carbons (Fsp3) is 0.214. The van der Waals surface area contributed by atoms with Gasteiger partial charge in [-0.3, -0.25) is 0 Å². The monoisotopic (exact) mass is 257 g/mol. The minimum atomic E-state index is 0.308. The molecule has 2 heterocycles. The highest BCUT2D eigenvalue weighted by atomic mass is 16.7. The minimum Gasteiger partial charge on any atom is -0.454 e. The molecule has 98 valence electrons. The second-order valence-electron chi connectivity index (χ2n) is 4.22. The number of fused-ring (bicyclic) bond motifs is 1. The van der Waals surface area contributed by atoms with Crippen LogP contribution in [0.4, 0.5) is 11.5 Å². The van der Waals surface area contributed by atoms with Crippen LogP contribution in [0.3, 0.4) is 0 Å². The fourth-order valence-corrected chi connectivity index (χ4v) is 1.93. The molecule has 0 atom stereocenters. The highest BCUT2D eigenvalue weighted by Crippen LogP contribution is 2.32. The molecular formula is C14H15N3O2. The van der Waals surface area contributed by atoms with Crippen LogP contribution in [0.25, 0.3) is 0 Å². The minimum absolute atomic E-state index is 0.308. The summed E-state index contributed by atoms with van der Waals surface area (Å²) in [4.78, 5) is 4.17. The van der Waals surface area contributed by atoms with Gasteiger partial charge in [0.25, 0.3) is 0 Å². The van der Waals surface area contributed by atoms with Gasteiger partial charge in [0.15, 0.2) is 11.5 Å². The van der Waals surface area contributed by atoms with Crippen LogP contribution in [0.1, 0.15) is 5.56 Å². The molecule has 1 aromatic carbocycles. The normalized spacial score (nSPS) is 12.3. The smallest absolute Gasteiger partial charge is 0.231 e. The summed E-state index contributed by atoms with van der Waals surface area (Å²) in [7, 11) is 1.85. The molecule has 0 saturated carbocycles. The number of anilines is 2. The average molecular weight is 257 g/mol. The molecule has 2 aromatic rings. The molecule has 0 radical (unpaired) electrons. The molecule has 5 nitrogen and oxygen atoms in total. The highest BCUT2D eigenvalue weighted by Gasteiger charge is 2.12. The quantitative estimate of drug-likeness (QED) is 0.881. The van der Waals surface area contributed by atoms with Crippen LogP contribution < -0.4 is 20.1 Å². The third kappa shape index (κ3) is 2.54. The van der Waals surface area contributed by atoms with Crippen LogP contribution in [0.15, 0.2) is 36.5 Å². The molecule has 2 N–H and O–H groups in total. The van der Waals surface area contributed by atoms with Gasteiger partial charge in [-0.25, -0.2) is 4.98 Å². The molecule has 0 fully saturated rings. The number of hydrogen-bond acceptors (Lipinski definition) is 5. The lowest BCUT2D eigenvalue weighted by molar-refractivity contribution is 0.174. The largest absolute Gasteiger partial charge is 0.454 e. The van der Waals surface area contributed by atoms with E-state index in [0.29, 0.717) is 6.79 Å². The van der Waals surface area contributed by atoms with E-state index < -0.39 is 0 Å². The van der Waals surface area contributed by atoms with Crippen molar-refractivity contribution in [1.29, 1.82) is 0 Å². The van der Waals surface area contributed by atoms with Crippen molar-refractivity contribution in [1.82, 2.24) is 4.98 Å². The Hall–Kier alpha value is -2.43. The third-order valence-electron chi connectivity index (χ3n) is 2.95. The van der Waals surface area contributed by atoms with Crippen LogP contribution >= 0.6 is 0 Å². The second kappa shape index (κ2) is 5.06. The molecule has 0 aliphatic carbocycles. The zero-order chi connectivity index (χ0) is 13.1. The summed E-state index contributed by atoms with van der Waals surface area (Å²) in [6, 6.07) is 9.86. The van der Waals surface area contributed by atoms with Gasteiger partial charge in [0, 0.05) is 31.5 Å². The van der Waals surface area contributed by atoms with Crippen molar-refractivity contribution in [3.8, 4) is 11.5 Å². The molecular weight excluding hydrogens is 242 g/mol. The summed E-state index contributed by atoms with van der Waals surface area (Å²) >= 11 is 0. The Morgan fingerprint density at radius 3 is 2.95 bits per heavy atom. The van der Waals surface area contributed by atoms with Gasteiger partial charge in [-0.1, -0.05) is 6.07 Å². The van der Waals surface area contributed by atoms with E-state index in [1.807, 2.05) is 37.4 Å². The maximum atomic E-state index is 5.36. The van der Waals surface area contributed by atoms with E-state index in [-0.39, 0.29) is 0 Å². The lowest BCUT2D eigenvalue weighted by Crippen LogP contribution is -2.00. The maximum Gasteiger partial charge on any atom is 0.231 e. The van der Waals surface area contributed by atoms with Crippen LogP contribution in [0, 0.1) is 0 Å². The first-order valence-corrected chi connectivity index (χ1v) is 6.11. The Morgan fingerprint density at radius 2 is 2.05 bits per heavy atom. The van der Waals surface area contributed by atoms with Gasteiger partial charge in [0.2, 0.25) is 6.79 Å². The summed E-state index contributed by atoms with van der Waals surface area (Å²) in [5.41, 5.74) is 2.17. The van der Waals surface area contributed by atoms with Gasteiger partial charge >= 0.3 is 0 Å². The topological polar surface area (TPSA) is 55.4 Å². The Kier molecular flexibility index (Phi) is 3.10. The predicted octanol–water partition coefficient (Wildman–Crippen LogP) is 2.46. The molecule has 1 aromatic heterocycles. The van der Waals surface area contributed by atoms with E-state index in [4.69, 9.17) is 9.47 Å². The maximum absolute atomic E-state index is 5.36. The highest BCUT2D eigenvalue weighted by molar-refractivity contribution is 5.52. The molecule has 0 saturated heterocycles. The second-order valence-corrected chi connectivity index (χ2v) is 4.22. The van der Waals surface area contributed by atoms with Gasteiger partial charge < -0.3 is 20.1 Å². The Morgan fingerprint density at radius 1 is 1.16 bits per heavy atom. The molecule has 0 bridgehead atoms. The van der Waals surface area contributed by atoms with Gasteiger partial charge in [0.1, 0.15) is 5.82 Å². The number of ether oxygens (including phenoxy) is 2. The summed E-state index contributed by atoms with van der Waals surface area (Å²) in [5.74, 6) is 2.46. The third-order valence-corrected chi connectivity index (χ3v) is 2.95. The first-order chi connectivity index (χ1) is 9.35. The first-order valence-electron chi connectivity index (χ1n) is 6.11. The molecule has 1 aliphatic rings. The van der Waals surface area contributed by atoms with Gasteiger partial charge in [-0.05, 0) is 23.8 Å². The van der Waals surface area contributed by atoms with Crippen molar-refractivity contribution >= 4 is 11.5 Å². The van der Waals surface area contributed by atoms with E-state index in [0.717, 1.165) is 35.1 Å². The van der Waals surface area contributed by atoms with E-state index in [1.54, 1.807) is 6.20 Å². The van der Waals surface area contributed by atoms with Crippen molar-refractivity contribution < 1.29 is 9.47 Å². The lowest BCUT2D eigenvalue weighted by Gasteiger charge is -2.08. The fourth-order valence-electron chi connectivity index (χ4n) is 1.93. The number of nitrogens with one attached hydrogen (secondary N) is 2. The predicted molar refractivity (Wildman–Crippen MR) is 73.7 cm³/mol. The summed E-state index contributed by atoms with van der Waals surface area (Å²) < 4.78 is 10.6.